The lowest BCUT2D eigenvalue weighted by molar-refractivity contribution is -0.0249. The molecule has 5 rings (SSSR count). The molecule has 0 bridgehead atoms. The molecule has 1 aromatic carbocycles. The predicted molar refractivity (Wildman–Crippen MR) is 123 cm³/mol. The van der Waals surface area contributed by atoms with Crippen LogP contribution in [0.15, 0.2) is 60.9 Å². The van der Waals surface area contributed by atoms with E-state index in [0.717, 1.165) is 33.7 Å². The van der Waals surface area contributed by atoms with Crippen molar-refractivity contribution in [3.8, 4) is 0 Å². The molecular formula is C26H25FN4O2. The molecule has 0 N–H and O–H groups in total. The normalized spacial score (nSPS) is 16.3. The number of nitrogens with zero attached hydrogens (tertiary/aromatic N) is 4. The van der Waals surface area contributed by atoms with Crippen molar-refractivity contribution in [3.63, 3.8) is 0 Å². The average molecular weight is 445 g/mol. The zero-order chi connectivity index (χ0) is 22.9. The first-order chi connectivity index (χ1) is 15.9. The van der Waals surface area contributed by atoms with Crippen molar-refractivity contribution in [1.82, 2.24) is 19.3 Å². The standard InChI is InChI=1S/C26H25FN4O2/c1-17-6-7-30-15-23(29-25(30)10-17)26(32)31-8-9-33-24(16-31)22-14-20(11-18(2)28-22)12-19-4-3-5-21(27)13-19/h3-7,10-11,13-15,24H,8-9,12,16H2,1-2H3/t24-/m0/s1. The van der Waals surface area contributed by atoms with Crippen LogP contribution in [0.2, 0.25) is 0 Å². The second-order valence-electron chi connectivity index (χ2n) is 8.55. The van der Waals surface area contributed by atoms with Gasteiger partial charge in [0.2, 0.25) is 0 Å². The first-order valence-corrected chi connectivity index (χ1v) is 11.0. The maximum Gasteiger partial charge on any atom is 0.274 e. The zero-order valence-electron chi connectivity index (χ0n) is 18.7. The number of hydrogen-bond acceptors (Lipinski definition) is 4. The van der Waals surface area contributed by atoms with Crippen LogP contribution in [0, 0.1) is 19.7 Å². The minimum atomic E-state index is -0.326. The van der Waals surface area contributed by atoms with Crippen LogP contribution in [0.4, 0.5) is 4.39 Å². The van der Waals surface area contributed by atoms with Crippen molar-refractivity contribution in [2.75, 3.05) is 19.7 Å². The highest BCUT2D eigenvalue weighted by Crippen LogP contribution is 2.24. The molecule has 0 unspecified atom stereocenters. The van der Waals surface area contributed by atoms with Gasteiger partial charge in [0.15, 0.2) is 0 Å². The van der Waals surface area contributed by atoms with E-state index in [1.54, 1.807) is 23.2 Å². The summed E-state index contributed by atoms with van der Waals surface area (Å²) in [6, 6.07) is 14.5. The highest BCUT2D eigenvalue weighted by atomic mass is 19.1. The molecular weight excluding hydrogens is 419 g/mol. The summed E-state index contributed by atoms with van der Waals surface area (Å²) >= 11 is 0. The minimum Gasteiger partial charge on any atom is -0.368 e. The Hall–Kier alpha value is -3.58. The lowest BCUT2D eigenvalue weighted by Crippen LogP contribution is -2.42. The molecule has 4 aromatic rings. The van der Waals surface area contributed by atoms with E-state index in [1.807, 2.05) is 54.8 Å². The Morgan fingerprint density at radius 1 is 1.12 bits per heavy atom. The largest absolute Gasteiger partial charge is 0.368 e. The summed E-state index contributed by atoms with van der Waals surface area (Å²) in [6.07, 6.45) is 3.95. The van der Waals surface area contributed by atoms with E-state index < -0.39 is 0 Å². The smallest absolute Gasteiger partial charge is 0.274 e. The van der Waals surface area contributed by atoms with Crippen LogP contribution in [0.1, 0.15) is 44.7 Å². The van der Waals surface area contributed by atoms with Gasteiger partial charge in [0.25, 0.3) is 5.91 Å². The molecule has 0 aliphatic carbocycles. The molecule has 7 heteroatoms. The Kier molecular flexibility index (Phi) is 5.64. The summed E-state index contributed by atoms with van der Waals surface area (Å²) in [5.41, 5.74) is 5.85. The summed E-state index contributed by atoms with van der Waals surface area (Å²) in [6.45, 7) is 5.27. The second kappa shape index (κ2) is 8.75. The summed E-state index contributed by atoms with van der Waals surface area (Å²) in [5, 5.41) is 0. The van der Waals surface area contributed by atoms with Crippen LogP contribution in [-0.4, -0.2) is 44.9 Å². The van der Waals surface area contributed by atoms with Gasteiger partial charge in [-0.15, -0.1) is 0 Å². The minimum absolute atomic E-state index is 0.114. The number of morpholine rings is 1. The number of carbonyl (C=O) groups is 1. The SMILES string of the molecule is Cc1ccn2cc(C(=O)N3CCO[C@H](c4cc(Cc5cccc(F)c5)cc(C)n4)C3)nc2c1. The molecule has 1 fully saturated rings. The number of amides is 1. The van der Waals surface area contributed by atoms with Gasteiger partial charge in [0.05, 0.1) is 18.8 Å². The number of fused-ring (bicyclic) bond motifs is 1. The molecule has 1 atom stereocenters. The lowest BCUT2D eigenvalue weighted by Gasteiger charge is -2.32. The van der Waals surface area contributed by atoms with Gasteiger partial charge in [-0.3, -0.25) is 9.78 Å². The van der Waals surface area contributed by atoms with Crippen LogP contribution in [0.3, 0.4) is 0 Å². The molecule has 0 saturated carbocycles. The van der Waals surface area contributed by atoms with Crippen molar-refractivity contribution in [3.05, 3.63) is 101 Å². The van der Waals surface area contributed by atoms with Gasteiger partial charge in [-0.05, 0) is 73.4 Å². The lowest BCUT2D eigenvalue weighted by atomic mass is 10.0. The predicted octanol–water partition coefficient (Wildman–Crippen LogP) is 4.29. The number of aromatic nitrogens is 3. The van der Waals surface area contributed by atoms with Gasteiger partial charge in [-0.2, -0.15) is 0 Å². The number of benzene rings is 1. The molecule has 33 heavy (non-hydrogen) atoms. The third-order valence-electron chi connectivity index (χ3n) is 5.85. The first kappa shape index (κ1) is 21.3. The molecule has 168 valence electrons. The van der Waals surface area contributed by atoms with Crippen molar-refractivity contribution >= 4 is 11.6 Å². The quantitative estimate of drug-likeness (QED) is 0.471. The Labute approximate surface area is 191 Å². The Morgan fingerprint density at radius 3 is 2.85 bits per heavy atom. The van der Waals surface area contributed by atoms with E-state index in [1.165, 1.54) is 6.07 Å². The molecule has 1 aliphatic heterocycles. The number of ether oxygens (including phenoxy) is 1. The van der Waals surface area contributed by atoms with Crippen molar-refractivity contribution < 1.29 is 13.9 Å². The Morgan fingerprint density at radius 2 is 2.00 bits per heavy atom. The van der Waals surface area contributed by atoms with Crippen LogP contribution in [0.5, 0.6) is 0 Å². The van der Waals surface area contributed by atoms with Gasteiger partial charge >= 0.3 is 0 Å². The van der Waals surface area contributed by atoms with Gasteiger partial charge in [0.1, 0.15) is 23.3 Å². The number of hydrogen-bond donors (Lipinski definition) is 0. The fourth-order valence-electron chi connectivity index (χ4n) is 4.28. The van der Waals surface area contributed by atoms with Gasteiger partial charge in [-0.1, -0.05) is 12.1 Å². The summed E-state index contributed by atoms with van der Waals surface area (Å²) in [7, 11) is 0. The molecule has 0 spiro atoms. The topological polar surface area (TPSA) is 59.7 Å². The van der Waals surface area contributed by atoms with Gasteiger partial charge < -0.3 is 14.0 Å². The fraction of sp³-hybridized carbons (Fsp3) is 0.269. The number of aryl methyl sites for hydroxylation is 2. The summed E-state index contributed by atoms with van der Waals surface area (Å²) < 4.78 is 21.4. The molecule has 1 amide bonds. The number of halogens is 1. The number of imidazole rings is 1. The van der Waals surface area contributed by atoms with Crippen molar-refractivity contribution in [2.24, 2.45) is 0 Å². The van der Waals surface area contributed by atoms with Gasteiger partial charge in [0, 0.05) is 24.6 Å². The summed E-state index contributed by atoms with van der Waals surface area (Å²) in [4.78, 5) is 24.1. The molecule has 0 radical (unpaired) electrons. The van der Waals surface area contributed by atoms with E-state index in [2.05, 4.69) is 9.97 Å². The third-order valence-corrected chi connectivity index (χ3v) is 5.85. The monoisotopic (exact) mass is 444 g/mol. The van der Waals surface area contributed by atoms with Crippen LogP contribution < -0.4 is 0 Å². The van der Waals surface area contributed by atoms with Gasteiger partial charge in [-0.25, -0.2) is 9.37 Å². The summed E-state index contributed by atoms with van der Waals surface area (Å²) in [5.74, 6) is -0.359. The van der Waals surface area contributed by atoms with Crippen molar-refractivity contribution in [2.45, 2.75) is 26.4 Å². The van der Waals surface area contributed by atoms with Crippen molar-refractivity contribution in [1.29, 1.82) is 0 Å². The highest BCUT2D eigenvalue weighted by Gasteiger charge is 2.28. The van der Waals surface area contributed by atoms with E-state index in [4.69, 9.17) is 4.74 Å². The van der Waals surface area contributed by atoms with E-state index in [-0.39, 0.29) is 17.8 Å². The molecule has 1 saturated heterocycles. The van der Waals surface area contributed by atoms with Crippen LogP contribution in [-0.2, 0) is 11.2 Å². The van der Waals surface area contributed by atoms with Crippen LogP contribution in [0.25, 0.3) is 5.65 Å². The molecule has 1 aliphatic rings. The molecule has 3 aromatic heterocycles. The Bertz CT molecular complexity index is 1330. The zero-order valence-corrected chi connectivity index (χ0v) is 18.7. The molecule has 6 nitrogen and oxygen atoms in total. The third kappa shape index (κ3) is 4.64. The van der Waals surface area contributed by atoms with Crippen LogP contribution >= 0.6 is 0 Å². The molecule has 4 heterocycles. The van der Waals surface area contributed by atoms with E-state index in [0.29, 0.717) is 31.8 Å². The second-order valence-corrected chi connectivity index (χ2v) is 8.55. The van der Waals surface area contributed by atoms with E-state index >= 15 is 0 Å². The number of carbonyl (C=O) groups excluding carboxylic acids is 1. The number of rotatable bonds is 4. The average Bonchev–Trinajstić information content (AvgIpc) is 3.21. The fourth-order valence-corrected chi connectivity index (χ4v) is 4.28. The first-order valence-electron chi connectivity index (χ1n) is 11.0. The Balaban J connectivity index is 1.35. The number of pyridine rings is 2. The maximum atomic E-state index is 13.6. The van der Waals surface area contributed by atoms with E-state index in [9.17, 15) is 9.18 Å². The maximum absolute atomic E-state index is 13.6. The highest BCUT2D eigenvalue weighted by molar-refractivity contribution is 5.93.